The number of esters is 1. The quantitative estimate of drug-likeness (QED) is 0.395. The predicted molar refractivity (Wildman–Crippen MR) is 105 cm³/mol. The third-order valence-electron chi connectivity index (χ3n) is 4.56. The standard InChI is InChI=1S/C21H30N2O4/c1-6-14(2)19(24)22-12-8-7-9-18(21(26)27-5)23-20(25)17-11-10-15(3)16(4)13-17/h6,10-11,13,18H,7-9,12H2,1-5H3,(H,22,24)(H,23,25)/b14-6+/t18-/m0/s1. The number of rotatable bonds is 9. The normalized spacial score (nSPS) is 12.3. The number of carbonyl (C=O) groups is 3. The zero-order valence-electron chi connectivity index (χ0n) is 16.8. The number of amides is 2. The summed E-state index contributed by atoms with van der Waals surface area (Å²) in [6.07, 6.45) is 3.57. The minimum Gasteiger partial charge on any atom is -0.467 e. The lowest BCUT2D eigenvalue weighted by molar-refractivity contribution is -0.143. The van der Waals surface area contributed by atoms with E-state index in [2.05, 4.69) is 10.6 Å². The van der Waals surface area contributed by atoms with Crippen molar-refractivity contribution < 1.29 is 19.1 Å². The van der Waals surface area contributed by atoms with Gasteiger partial charge in [-0.1, -0.05) is 12.1 Å². The SMILES string of the molecule is C/C=C(\C)C(=O)NCCCC[C@H](NC(=O)c1ccc(C)c(C)c1)C(=O)OC. The molecule has 0 aliphatic carbocycles. The molecule has 148 valence electrons. The molecule has 0 bridgehead atoms. The molecule has 0 heterocycles. The Bertz CT molecular complexity index is 710. The monoisotopic (exact) mass is 374 g/mol. The van der Waals surface area contributed by atoms with Gasteiger partial charge in [-0.3, -0.25) is 9.59 Å². The summed E-state index contributed by atoms with van der Waals surface area (Å²) in [6.45, 7) is 8.00. The molecule has 0 saturated carbocycles. The van der Waals surface area contributed by atoms with Crippen LogP contribution in [-0.2, 0) is 14.3 Å². The van der Waals surface area contributed by atoms with E-state index in [1.54, 1.807) is 25.1 Å². The molecule has 6 nitrogen and oxygen atoms in total. The van der Waals surface area contributed by atoms with Crippen LogP contribution in [0.3, 0.4) is 0 Å². The highest BCUT2D eigenvalue weighted by molar-refractivity contribution is 5.97. The highest BCUT2D eigenvalue weighted by Crippen LogP contribution is 2.11. The lowest BCUT2D eigenvalue weighted by Gasteiger charge is -2.17. The van der Waals surface area contributed by atoms with Crippen molar-refractivity contribution in [3.8, 4) is 0 Å². The van der Waals surface area contributed by atoms with Gasteiger partial charge in [0.1, 0.15) is 6.04 Å². The Morgan fingerprint density at radius 2 is 1.85 bits per heavy atom. The highest BCUT2D eigenvalue weighted by Gasteiger charge is 2.21. The smallest absolute Gasteiger partial charge is 0.328 e. The Morgan fingerprint density at radius 1 is 1.15 bits per heavy atom. The van der Waals surface area contributed by atoms with Crippen molar-refractivity contribution in [2.75, 3.05) is 13.7 Å². The fraction of sp³-hybridized carbons (Fsp3) is 0.476. The molecule has 1 rings (SSSR count). The largest absolute Gasteiger partial charge is 0.467 e. The summed E-state index contributed by atoms with van der Waals surface area (Å²) in [5.74, 6) is -0.864. The summed E-state index contributed by atoms with van der Waals surface area (Å²) in [4.78, 5) is 36.1. The summed E-state index contributed by atoms with van der Waals surface area (Å²) >= 11 is 0. The number of allylic oxidation sites excluding steroid dienone is 1. The molecular weight excluding hydrogens is 344 g/mol. The van der Waals surface area contributed by atoms with Crippen molar-refractivity contribution in [3.05, 3.63) is 46.5 Å². The number of aryl methyl sites for hydroxylation is 2. The second-order valence-corrected chi connectivity index (χ2v) is 6.57. The molecule has 1 aromatic rings. The van der Waals surface area contributed by atoms with Crippen LogP contribution in [0.15, 0.2) is 29.8 Å². The van der Waals surface area contributed by atoms with Gasteiger partial charge in [0, 0.05) is 17.7 Å². The van der Waals surface area contributed by atoms with Gasteiger partial charge in [0.2, 0.25) is 5.91 Å². The molecule has 0 aliphatic rings. The number of nitrogens with one attached hydrogen (secondary N) is 2. The van der Waals surface area contributed by atoms with Crippen LogP contribution in [0.4, 0.5) is 0 Å². The highest BCUT2D eigenvalue weighted by atomic mass is 16.5. The van der Waals surface area contributed by atoms with Crippen molar-refractivity contribution in [1.29, 1.82) is 0 Å². The first-order valence-corrected chi connectivity index (χ1v) is 9.17. The van der Waals surface area contributed by atoms with Crippen molar-refractivity contribution in [1.82, 2.24) is 10.6 Å². The first-order chi connectivity index (χ1) is 12.8. The van der Waals surface area contributed by atoms with E-state index in [9.17, 15) is 14.4 Å². The summed E-state index contributed by atoms with van der Waals surface area (Å²) < 4.78 is 4.80. The van der Waals surface area contributed by atoms with Gasteiger partial charge < -0.3 is 15.4 Å². The molecule has 0 radical (unpaired) electrons. The van der Waals surface area contributed by atoms with Crippen LogP contribution in [-0.4, -0.2) is 37.5 Å². The van der Waals surface area contributed by atoms with E-state index in [1.165, 1.54) is 7.11 Å². The average molecular weight is 374 g/mol. The van der Waals surface area contributed by atoms with Gasteiger partial charge in [-0.15, -0.1) is 0 Å². The zero-order valence-corrected chi connectivity index (χ0v) is 16.8. The van der Waals surface area contributed by atoms with Gasteiger partial charge >= 0.3 is 5.97 Å². The van der Waals surface area contributed by atoms with Gasteiger partial charge in [0.05, 0.1) is 7.11 Å². The Hall–Kier alpha value is -2.63. The lowest BCUT2D eigenvalue weighted by Crippen LogP contribution is -2.41. The maximum Gasteiger partial charge on any atom is 0.328 e. The van der Waals surface area contributed by atoms with E-state index in [4.69, 9.17) is 4.74 Å². The number of carbonyl (C=O) groups excluding carboxylic acids is 3. The topological polar surface area (TPSA) is 84.5 Å². The fourth-order valence-corrected chi connectivity index (χ4v) is 2.46. The minimum atomic E-state index is -0.711. The minimum absolute atomic E-state index is 0.0925. The first kappa shape index (κ1) is 22.4. The van der Waals surface area contributed by atoms with Gasteiger partial charge in [-0.25, -0.2) is 4.79 Å². The Morgan fingerprint density at radius 3 is 2.44 bits per heavy atom. The molecule has 0 unspecified atom stereocenters. The number of unbranched alkanes of at least 4 members (excludes halogenated alkanes) is 1. The molecule has 27 heavy (non-hydrogen) atoms. The summed E-state index contributed by atoms with van der Waals surface area (Å²) in [6, 6.07) is 4.72. The molecule has 0 spiro atoms. The van der Waals surface area contributed by atoms with Gasteiger partial charge in [0.15, 0.2) is 0 Å². The molecule has 2 N–H and O–H groups in total. The van der Waals surface area contributed by atoms with E-state index in [-0.39, 0.29) is 11.8 Å². The van der Waals surface area contributed by atoms with Crippen molar-refractivity contribution in [2.45, 2.75) is 53.0 Å². The maximum absolute atomic E-state index is 12.4. The van der Waals surface area contributed by atoms with Crippen molar-refractivity contribution in [2.24, 2.45) is 0 Å². The van der Waals surface area contributed by atoms with Crippen LogP contribution < -0.4 is 10.6 Å². The molecule has 2 amide bonds. The third-order valence-corrected chi connectivity index (χ3v) is 4.56. The molecule has 1 atom stereocenters. The molecule has 0 fully saturated rings. The summed E-state index contributed by atoms with van der Waals surface area (Å²) in [5.41, 5.74) is 3.31. The van der Waals surface area contributed by atoms with E-state index in [1.807, 2.05) is 26.8 Å². The van der Waals surface area contributed by atoms with E-state index in [0.717, 1.165) is 11.1 Å². The second kappa shape index (κ2) is 11.2. The summed E-state index contributed by atoms with van der Waals surface area (Å²) in [5, 5.41) is 5.57. The average Bonchev–Trinajstić information content (AvgIpc) is 2.67. The third kappa shape index (κ3) is 7.25. The Labute approximate surface area is 161 Å². The predicted octanol–water partition coefficient (Wildman–Crippen LogP) is 2.83. The first-order valence-electron chi connectivity index (χ1n) is 9.17. The number of methoxy groups -OCH3 is 1. The maximum atomic E-state index is 12.4. The molecule has 0 aromatic heterocycles. The second-order valence-electron chi connectivity index (χ2n) is 6.57. The van der Waals surface area contributed by atoms with Crippen molar-refractivity contribution >= 4 is 17.8 Å². The van der Waals surface area contributed by atoms with Gasteiger partial charge in [-0.2, -0.15) is 0 Å². The number of hydrogen-bond acceptors (Lipinski definition) is 4. The van der Waals surface area contributed by atoms with E-state index < -0.39 is 12.0 Å². The van der Waals surface area contributed by atoms with Crippen molar-refractivity contribution in [3.63, 3.8) is 0 Å². The number of benzene rings is 1. The molecule has 6 heteroatoms. The summed E-state index contributed by atoms with van der Waals surface area (Å²) in [7, 11) is 1.30. The van der Waals surface area contributed by atoms with Crippen LogP contribution in [0.2, 0.25) is 0 Å². The van der Waals surface area contributed by atoms with Crippen LogP contribution in [0.25, 0.3) is 0 Å². The number of ether oxygens (including phenoxy) is 1. The van der Waals surface area contributed by atoms with E-state index >= 15 is 0 Å². The van der Waals surface area contributed by atoms with Crippen LogP contribution in [0.5, 0.6) is 0 Å². The van der Waals surface area contributed by atoms with Gasteiger partial charge in [-0.05, 0) is 70.2 Å². The molecular formula is C21H30N2O4. The number of hydrogen-bond donors (Lipinski definition) is 2. The zero-order chi connectivity index (χ0) is 20.4. The molecule has 0 aliphatic heterocycles. The fourth-order valence-electron chi connectivity index (χ4n) is 2.46. The Balaban J connectivity index is 2.56. The Kier molecular flexibility index (Phi) is 9.26. The lowest BCUT2D eigenvalue weighted by atomic mass is 10.0. The van der Waals surface area contributed by atoms with Crippen LogP contribution in [0, 0.1) is 13.8 Å². The molecule has 0 saturated heterocycles. The van der Waals surface area contributed by atoms with E-state index in [0.29, 0.717) is 36.9 Å². The van der Waals surface area contributed by atoms with Gasteiger partial charge in [0.25, 0.3) is 5.91 Å². The molecule has 1 aromatic carbocycles. The van der Waals surface area contributed by atoms with Crippen LogP contribution in [0.1, 0.15) is 54.6 Å². The van der Waals surface area contributed by atoms with Crippen LogP contribution >= 0.6 is 0 Å².